The second-order valence-corrected chi connectivity index (χ2v) is 7.22. The molecule has 1 unspecified atom stereocenters. The molecule has 0 saturated heterocycles. The van der Waals surface area contributed by atoms with E-state index in [9.17, 15) is 0 Å². The highest BCUT2D eigenvalue weighted by atomic mass is 15.0. The number of hydrogen-bond donors (Lipinski definition) is 2. The number of nitrogens with zero attached hydrogens (tertiary/aromatic N) is 1. The molecule has 1 fully saturated rings. The van der Waals surface area contributed by atoms with Crippen molar-refractivity contribution in [3.63, 3.8) is 0 Å². The summed E-state index contributed by atoms with van der Waals surface area (Å²) in [5, 5.41) is 3.65. The van der Waals surface area contributed by atoms with Crippen molar-refractivity contribution in [3.05, 3.63) is 53.1 Å². The monoisotopic (exact) mass is 297 g/mol. The number of hydrogen-bond acceptors (Lipinski definition) is 2. The molecule has 0 aliphatic heterocycles. The van der Waals surface area contributed by atoms with Gasteiger partial charge in [-0.05, 0) is 24.3 Å². The number of aromatic nitrogens is 2. The minimum absolute atomic E-state index is 0.270. The third-order valence-corrected chi connectivity index (χ3v) is 5.33. The molecule has 0 radical (unpaired) electrons. The fourth-order valence-corrected chi connectivity index (χ4v) is 3.66. The number of H-pyrrole nitrogens is 1. The van der Waals surface area contributed by atoms with Crippen LogP contribution in [0, 0.1) is 12.3 Å². The number of nitrogens with one attached hydrogen (secondary N) is 2. The molecule has 1 aromatic heterocycles. The molecule has 1 heterocycles. The second-order valence-electron chi connectivity index (χ2n) is 7.22. The van der Waals surface area contributed by atoms with Crippen LogP contribution in [0.4, 0.5) is 0 Å². The molecule has 1 aliphatic carbocycles. The van der Waals surface area contributed by atoms with Gasteiger partial charge in [0.2, 0.25) is 0 Å². The van der Waals surface area contributed by atoms with Crippen LogP contribution in [-0.2, 0) is 18.4 Å². The van der Waals surface area contributed by atoms with Crippen LogP contribution in [0.3, 0.4) is 0 Å². The average Bonchev–Trinajstić information content (AvgIpc) is 2.88. The highest BCUT2D eigenvalue weighted by molar-refractivity contribution is 5.37. The maximum Gasteiger partial charge on any atom is 0.106 e. The van der Waals surface area contributed by atoms with Gasteiger partial charge in [-0.2, -0.15) is 0 Å². The van der Waals surface area contributed by atoms with Crippen LogP contribution in [0.2, 0.25) is 0 Å². The van der Waals surface area contributed by atoms with Gasteiger partial charge in [-0.3, -0.25) is 0 Å². The van der Waals surface area contributed by atoms with Crippen molar-refractivity contribution in [2.75, 3.05) is 6.54 Å². The lowest BCUT2D eigenvalue weighted by Crippen LogP contribution is -2.30. The molecule has 118 valence electrons. The van der Waals surface area contributed by atoms with Crippen LogP contribution >= 0.6 is 0 Å². The van der Waals surface area contributed by atoms with Crippen molar-refractivity contribution >= 4 is 0 Å². The first-order valence-corrected chi connectivity index (χ1v) is 8.29. The van der Waals surface area contributed by atoms with Gasteiger partial charge in [0.25, 0.3) is 0 Å². The van der Waals surface area contributed by atoms with Crippen LogP contribution in [0.1, 0.15) is 50.0 Å². The van der Waals surface area contributed by atoms with Crippen molar-refractivity contribution in [3.8, 4) is 0 Å². The van der Waals surface area contributed by atoms with Gasteiger partial charge in [-0.25, -0.2) is 4.98 Å². The van der Waals surface area contributed by atoms with Gasteiger partial charge in [0.05, 0.1) is 5.69 Å². The number of rotatable bonds is 6. The maximum absolute atomic E-state index is 4.66. The van der Waals surface area contributed by atoms with Crippen molar-refractivity contribution in [2.24, 2.45) is 5.41 Å². The first-order chi connectivity index (χ1) is 10.5. The summed E-state index contributed by atoms with van der Waals surface area (Å²) in [7, 11) is 0. The molecule has 2 N–H and O–H groups in total. The van der Waals surface area contributed by atoms with Crippen molar-refractivity contribution < 1.29 is 0 Å². The molecule has 3 nitrogen and oxygen atoms in total. The Labute approximate surface area is 133 Å². The molecule has 1 aromatic carbocycles. The van der Waals surface area contributed by atoms with Crippen LogP contribution in [-0.4, -0.2) is 16.5 Å². The van der Waals surface area contributed by atoms with Gasteiger partial charge in [-0.1, -0.05) is 51.1 Å². The van der Waals surface area contributed by atoms with E-state index >= 15 is 0 Å². The Morgan fingerprint density at radius 1 is 1.23 bits per heavy atom. The standard InChI is InChI=1S/C19H27N3/c1-5-17-21-14(2)16(22-17)11-20-13-19(12-18(19,3)4)15-9-7-6-8-10-15/h6-10,20H,5,11-13H2,1-4H3,(H,21,22). The third-order valence-electron chi connectivity index (χ3n) is 5.33. The third kappa shape index (κ3) is 2.58. The Bertz CT molecular complexity index is 642. The molecule has 1 atom stereocenters. The number of benzene rings is 1. The van der Waals surface area contributed by atoms with Crippen LogP contribution in [0.15, 0.2) is 30.3 Å². The number of aromatic amines is 1. The summed E-state index contributed by atoms with van der Waals surface area (Å²) in [6.07, 6.45) is 2.21. The van der Waals surface area contributed by atoms with E-state index in [1.807, 2.05) is 0 Å². The summed E-state index contributed by atoms with van der Waals surface area (Å²) in [4.78, 5) is 8.01. The minimum Gasteiger partial charge on any atom is -0.346 e. The summed E-state index contributed by atoms with van der Waals surface area (Å²) >= 11 is 0. The van der Waals surface area contributed by atoms with Gasteiger partial charge in [-0.15, -0.1) is 0 Å². The maximum atomic E-state index is 4.66. The molecule has 3 rings (SSSR count). The molecule has 0 amide bonds. The second kappa shape index (κ2) is 5.54. The molecule has 0 spiro atoms. The topological polar surface area (TPSA) is 40.7 Å². The van der Waals surface area contributed by atoms with E-state index in [4.69, 9.17) is 0 Å². The lowest BCUT2D eigenvalue weighted by molar-refractivity contribution is 0.458. The molecule has 0 bridgehead atoms. The lowest BCUT2D eigenvalue weighted by atomic mass is 9.88. The van der Waals surface area contributed by atoms with Crippen LogP contribution < -0.4 is 5.32 Å². The Kier molecular flexibility index (Phi) is 3.85. The zero-order valence-electron chi connectivity index (χ0n) is 14.2. The molecule has 22 heavy (non-hydrogen) atoms. The van der Waals surface area contributed by atoms with Crippen LogP contribution in [0.25, 0.3) is 0 Å². The predicted octanol–water partition coefficient (Wildman–Crippen LogP) is 3.74. The summed E-state index contributed by atoms with van der Waals surface area (Å²) in [6, 6.07) is 10.9. The van der Waals surface area contributed by atoms with E-state index < -0.39 is 0 Å². The molecular formula is C19H27N3. The van der Waals surface area contributed by atoms with E-state index in [0.717, 1.165) is 31.0 Å². The summed E-state index contributed by atoms with van der Waals surface area (Å²) in [5.74, 6) is 1.08. The van der Waals surface area contributed by atoms with Gasteiger partial charge in [0.1, 0.15) is 5.82 Å². The summed E-state index contributed by atoms with van der Waals surface area (Å²) in [6.45, 7) is 10.8. The average molecular weight is 297 g/mol. The molecular weight excluding hydrogens is 270 g/mol. The van der Waals surface area contributed by atoms with E-state index in [1.54, 1.807) is 0 Å². The largest absolute Gasteiger partial charge is 0.346 e. The van der Waals surface area contributed by atoms with Crippen molar-refractivity contribution in [1.29, 1.82) is 0 Å². The van der Waals surface area contributed by atoms with Gasteiger partial charge in [0, 0.05) is 30.6 Å². The lowest BCUT2D eigenvalue weighted by Gasteiger charge is -2.22. The normalized spacial score (nSPS) is 22.7. The van der Waals surface area contributed by atoms with Gasteiger partial charge < -0.3 is 10.3 Å². The Morgan fingerprint density at radius 3 is 2.45 bits per heavy atom. The Balaban J connectivity index is 1.68. The zero-order chi connectivity index (χ0) is 15.8. The van der Waals surface area contributed by atoms with Gasteiger partial charge >= 0.3 is 0 Å². The fraction of sp³-hybridized carbons (Fsp3) is 0.526. The van der Waals surface area contributed by atoms with Crippen LogP contribution in [0.5, 0.6) is 0 Å². The van der Waals surface area contributed by atoms with E-state index in [0.29, 0.717) is 5.41 Å². The first kappa shape index (κ1) is 15.3. The SMILES string of the molecule is CCc1nc(CNCC2(c3ccccc3)CC2(C)C)c(C)[nH]1. The quantitative estimate of drug-likeness (QED) is 0.853. The Hall–Kier alpha value is -1.61. The van der Waals surface area contributed by atoms with Crippen molar-refractivity contribution in [1.82, 2.24) is 15.3 Å². The highest BCUT2D eigenvalue weighted by Gasteiger charge is 2.61. The molecule has 1 aliphatic rings. The smallest absolute Gasteiger partial charge is 0.106 e. The molecule has 3 heteroatoms. The van der Waals surface area contributed by atoms with E-state index in [-0.39, 0.29) is 5.41 Å². The number of imidazole rings is 1. The van der Waals surface area contributed by atoms with Crippen molar-refractivity contribution in [2.45, 2.75) is 52.5 Å². The highest BCUT2D eigenvalue weighted by Crippen LogP contribution is 2.63. The van der Waals surface area contributed by atoms with Gasteiger partial charge in [0.15, 0.2) is 0 Å². The number of aryl methyl sites for hydroxylation is 2. The zero-order valence-corrected chi connectivity index (χ0v) is 14.2. The predicted molar refractivity (Wildman–Crippen MR) is 90.9 cm³/mol. The molecule has 1 saturated carbocycles. The first-order valence-electron chi connectivity index (χ1n) is 8.29. The molecule has 2 aromatic rings. The Morgan fingerprint density at radius 2 is 1.91 bits per heavy atom. The van der Waals surface area contributed by atoms with E-state index in [1.165, 1.54) is 17.7 Å². The van der Waals surface area contributed by atoms with E-state index in [2.05, 4.69) is 73.3 Å². The minimum atomic E-state index is 0.270. The fourth-order valence-electron chi connectivity index (χ4n) is 3.66. The summed E-state index contributed by atoms with van der Waals surface area (Å²) < 4.78 is 0. The summed E-state index contributed by atoms with van der Waals surface area (Å²) in [5.41, 5.74) is 4.44.